The van der Waals surface area contributed by atoms with E-state index in [1.807, 2.05) is 0 Å². The van der Waals surface area contributed by atoms with E-state index in [1.165, 1.54) is 83.5 Å². The molecule has 2 aliphatic carbocycles. The summed E-state index contributed by atoms with van der Waals surface area (Å²) in [6.07, 6.45) is 20.6. The topological polar surface area (TPSA) is 23.8 Å². The van der Waals surface area contributed by atoms with Crippen molar-refractivity contribution in [1.29, 1.82) is 5.26 Å². The summed E-state index contributed by atoms with van der Waals surface area (Å²) in [5, 5.41) is 9.61. The summed E-state index contributed by atoms with van der Waals surface area (Å²) in [5.74, 6) is 2.81. The quantitative estimate of drug-likeness (QED) is 0.432. The van der Waals surface area contributed by atoms with Crippen molar-refractivity contribution in [1.82, 2.24) is 0 Å². The number of nitriles is 1. The Morgan fingerprint density at radius 2 is 1.65 bits per heavy atom. The van der Waals surface area contributed by atoms with Crippen molar-refractivity contribution in [2.24, 2.45) is 23.2 Å². The second-order valence-electron chi connectivity index (χ2n) is 8.59. The van der Waals surface area contributed by atoms with E-state index in [2.05, 4.69) is 19.9 Å². The zero-order valence-corrected chi connectivity index (χ0v) is 15.8. The highest BCUT2D eigenvalue weighted by molar-refractivity contribution is 5.02. The highest BCUT2D eigenvalue weighted by Crippen LogP contribution is 2.48. The highest BCUT2D eigenvalue weighted by atomic mass is 14.4. The lowest BCUT2D eigenvalue weighted by atomic mass is 9.62. The van der Waals surface area contributed by atoms with Crippen molar-refractivity contribution >= 4 is 0 Å². The van der Waals surface area contributed by atoms with Crippen LogP contribution in [0.5, 0.6) is 0 Å². The summed E-state index contributed by atoms with van der Waals surface area (Å²) in [6, 6.07) is 2.69. The summed E-state index contributed by atoms with van der Waals surface area (Å²) < 4.78 is 0. The highest BCUT2D eigenvalue weighted by Gasteiger charge is 2.38. The summed E-state index contributed by atoms with van der Waals surface area (Å²) in [4.78, 5) is 0. The first-order valence-corrected chi connectivity index (χ1v) is 10.6. The molecule has 2 fully saturated rings. The number of hydrogen-bond donors (Lipinski definition) is 0. The average Bonchev–Trinajstić information content (AvgIpc) is 2.62. The van der Waals surface area contributed by atoms with E-state index in [0.717, 1.165) is 30.6 Å². The van der Waals surface area contributed by atoms with Crippen molar-refractivity contribution in [3.63, 3.8) is 0 Å². The minimum absolute atomic E-state index is 0.0268. The molecule has 1 nitrogen and oxygen atoms in total. The Morgan fingerprint density at radius 1 is 0.913 bits per heavy atom. The monoisotopic (exact) mass is 317 g/mol. The van der Waals surface area contributed by atoms with Crippen molar-refractivity contribution in [2.75, 3.05) is 0 Å². The summed E-state index contributed by atoms with van der Waals surface area (Å²) in [7, 11) is 0. The first-order chi connectivity index (χ1) is 11.2. The third-order valence-corrected chi connectivity index (χ3v) is 7.07. The Morgan fingerprint density at radius 3 is 2.30 bits per heavy atom. The molecule has 2 rings (SSSR count). The number of hydrogen-bond acceptors (Lipinski definition) is 1. The summed E-state index contributed by atoms with van der Waals surface area (Å²) >= 11 is 0. The molecule has 0 aromatic heterocycles. The molecule has 2 atom stereocenters. The van der Waals surface area contributed by atoms with Gasteiger partial charge in [-0.15, -0.1) is 0 Å². The minimum Gasteiger partial charge on any atom is -0.198 e. The lowest BCUT2D eigenvalue weighted by molar-refractivity contribution is 0.106. The zero-order valence-electron chi connectivity index (χ0n) is 15.8. The van der Waals surface area contributed by atoms with Gasteiger partial charge in [0.2, 0.25) is 0 Å². The van der Waals surface area contributed by atoms with E-state index in [-0.39, 0.29) is 5.41 Å². The van der Waals surface area contributed by atoms with Crippen LogP contribution in [-0.2, 0) is 0 Å². The fourth-order valence-electron chi connectivity index (χ4n) is 5.30. The van der Waals surface area contributed by atoms with E-state index in [4.69, 9.17) is 0 Å². The standard InChI is InChI=1S/C22H39N/c1-3-5-6-7-8-10-19-12-14-20(15-13-19)21-11-9-16-22(4-2,17-21)18-23/h19-21H,3-17H2,1-2H3/t19?,20?,21-,22+/m1/s1. The molecule has 0 amide bonds. The SMILES string of the molecule is CCCCCCCC1CCC([C@@H]2CCC[C@@](C#N)(CC)C2)CC1. The van der Waals surface area contributed by atoms with Gasteiger partial charge in [-0.2, -0.15) is 5.26 Å². The molecule has 0 heterocycles. The minimum atomic E-state index is 0.0268. The van der Waals surface area contributed by atoms with E-state index in [9.17, 15) is 5.26 Å². The van der Waals surface area contributed by atoms with Crippen molar-refractivity contribution in [2.45, 2.75) is 110 Å². The van der Waals surface area contributed by atoms with Crippen LogP contribution in [0, 0.1) is 34.5 Å². The van der Waals surface area contributed by atoms with E-state index < -0.39 is 0 Å². The van der Waals surface area contributed by atoms with E-state index in [0.29, 0.717) is 0 Å². The summed E-state index contributed by atoms with van der Waals surface area (Å²) in [5.41, 5.74) is 0.0268. The molecular weight excluding hydrogens is 278 g/mol. The molecule has 1 heteroatoms. The second-order valence-corrected chi connectivity index (χ2v) is 8.59. The molecule has 132 valence electrons. The van der Waals surface area contributed by atoms with E-state index >= 15 is 0 Å². The van der Waals surface area contributed by atoms with Crippen molar-refractivity contribution in [3.05, 3.63) is 0 Å². The fraction of sp³-hybridized carbons (Fsp3) is 0.955. The van der Waals surface area contributed by atoms with Gasteiger partial charge in [-0.05, 0) is 49.9 Å². The van der Waals surface area contributed by atoms with Gasteiger partial charge in [-0.3, -0.25) is 0 Å². The molecule has 0 bridgehead atoms. The molecule has 23 heavy (non-hydrogen) atoms. The Hall–Kier alpha value is -0.510. The Bertz CT molecular complexity index is 361. The Balaban J connectivity index is 1.69. The largest absolute Gasteiger partial charge is 0.198 e. The molecule has 2 saturated carbocycles. The van der Waals surface area contributed by atoms with Crippen LogP contribution in [0.4, 0.5) is 0 Å². The Kier molecular flexibility index (Phi) is 7.94. The van der Waals surface area contributed by atoms with Crippen molar-refractivity contribution < 1.29 is 0 Å². The second kappa shape index (κ2) is 9.71. The predicted octanol–water partition coefficient (Wildman–Crippen LogP) is 7.26. The molecule has 0 unspecified atom stereocenters. The maximum Gasteiger partial charge on any atom is 0.0689 e. The molecule has 0 radical (unpaired) electrons. The van der Waals surface area contributed by atoms with Gasteiger partial charge in [0, 0.05) is 0 Å². The molecule has 0 saturated heterocycles. The first-order valence-electron chi connectivity index (χ1n) is 10.6. The fourth-order valence-corrected chi connectivity index (χ4v) is 5.30. The lowest BCUT2D eigenvalue weighted by Gasteiger charge is -2.41. The molecule has 0 aliphatic heterocycles. The van der Waals surface area contributed by atoms with Crippen LogP contribution in [0.3, 0.4) is 0 Å². The molecule has 2 aliphatic rings. The number of nitrogens with zero attached hydrogens (tertiary/aromatic N) is 1. The lowest BCUT2D eigenvalue weighted by Crippen LogP contribution is -2.32. The zero-order chi connectivity index (χ0) is 16.5. The van der Waals surface area contributed by atoms with Crippen LogP contribution < -0.4 is 0 Å². The third kappa shape index (κ3) is 5.51. The van der Waals surface area contributed by atoms with Crippen LogP contribution in [-0.4, -0.2) is 0 Å². The van der Waals surface area contributed by atoms with Crippen molar-refractivity contribution in [3.8, 4) is 6.07 Å². The van der Waals surface area contributed by atoms with Gasteiger partial charge in [0.15, 0.2) is 0 Å². The van der Waals surface area contributed by atoms with Gasteiger partial charge in [-0.1, -0.05) is 78.1 Å². The van der Waals surface area contributed by atoms with Gasteiger partial charge in [-0.25, -0.2) is 0 Å². The first kappa shape index (κ1) is 18.8. The average molecular weight is 318 g/mol. The maximum atomic E-state index is 9.61. The maximum absolute atomic E-state index is 9.61. The molecular formula is C22H39N. The molecule has 0 spiro atoms. The molecule has 0 aromatic carbocycles. The summed E-state index contributed by atoms with van der Waals surface area (Å²) in [6.45, 7) is 4.52. The van der Waals surface area contributed by atoms with Crippen LogP contribution in [0.1, 0.15) is 110 Å². The third-order valence-electron chi connectivity index (χ3n) is 7.07. The van der Waals surface area contributed by atoms with Crippen LogP contribution in [0.25, 0.3) is 0 Å². The molecule has 0 N–H and O–H groups in total. The number of rotatable bonds is 8. The predicted molar refractivity (Wildman–Crippen MR) is 99.1 cm³/mol. The van der Waals surface area contributed by atoms with Crippen LogP contribution in [0.15, 0.2) is 0 Å². The van der Waals surface area contributed by atoms with Crippen LogP contribution in [0.2, 0.25) is 0 Å². The normalized spacial score (nSPS) is 34.9. The van der Waals surface area contributed by atoms with Gasteiger partial charge in [0.1, 0.15) is 0 Å². The van der Waals surface area contributed by atoms with Gasteiger partial charge >= 0.3 is 0 Å². The van der Waals surface area contributed by atoms with Crippen LogP contribution >= 0.6 is 0 Å². The van der Waals surface area contributed by atoms with E-state index in [1.54, 1.807) is 0 Å². The smallest absolute Gasteiger partial charge is 0.0689 e. The Labute approximate surface area is 145 Å². The number of unbranched alkanes of at least 4 members (excludes halogenated alkanes) is 4. The van der Waals surface area contributed by atoms with Gasteiger partial charge in [0.05, 0.1) is 11.5 Å². The molecule has 0 aromatic rings. The van der Waals surface area contributed by atoms with Gasteiger partial charge in [0.25, 0.3) is 0 Å². The van der Waals surface area contributed by atoms with Gasteiger partial charge < -0.3 is 0 Å².